The minimum atomic E-state index is -0.915. The van der Waals surface area contributed by atoms with Crippen molar-refractivity contribution in [2.75, 3.05) is 0 Å². The van der Waals surface area contributed by atoms with Gasteiger partial charge in [-0.05, 0) is 30.7 Å². The maximum Gasteiger partial charge on any atom is 0.303 e. The molecule has 120 valence electrons. The fourth-order valence-corrected chi connectivity index (χ4v) is 2.54. The van der Waals surface area contributed by atoms with Gasteiger partial charge in [-0.15, -0.1) is 0 Å². The van der Waals surface area contributed by atoms with Gasteiger partial charge in [-0.1, -0.05) is 0 Å². The van der Waals surface area contributed by atoms with Gasteiger partial charge in [0.2, 0.25) is 5.91 Å². The second kappa shape index (κ2) is 6.51. The molecule has 2 aromatic heterocycles. The monoisotopic (exact) mass is 316 g/mol. The van der Waals surface area contributed by atoms with Crippen molar-refractivity contribution in [2.45, 2.75) is 31.7 Å². The van der Waals surface area contributed by atoms with Crippen molar-refractivity contribution in [3.05, 3.63) is 48.3 Å². The number of rotatable bonds is 6. The number of hydrazone groups is 1. The highest BCUT2D eigenvalue weighted by molar-refractivity contribution is 6.01. The maximum absolute atomic E-state index is 12.4. The molecule has 1 aliphatic heterocycles. The molecule has 0 radical (unpaired) electrons. The van der Waals surface area contributed by atoms with Gasteiger partial charge in [-0.25, -0.2) is 5.01 Å². The lowest BCUT2D eigenvalue weighted by atomic mass is 10.1. The molecule has 0 fully saturated rings. The topological polar surface area (TPSA) is 96.2 Å². The van der Waals surface area contributed by atoms with Gasteiger partial charge in [-0.3, -0.25) is 9.59 Å². The van der Waals surface area contributed by atoms with E-state index in [1.807, 2.05) is 0 Å². The number of nitrogens with zero attached hydrogens (tertiary/aromatic N) is 2. The molecule has 0 unspecified atom stereocenters. The van der Waals surface area contributed by atoms with Crippen molar-refractivity contribution in [2.24, 2.45) is 5.10 Å². The van der Waals surface area contributed by atoms with Crippen molar-refractivity contribution in [1.82, 2.24) is 5.01 Å². The van der Waals surface area contributed by atoms with E-state index in [9.17, 15) is 9.59 Å². The average molecular weight is 316 g/mol. The lowest BCUT2D eigenvalue weighted by Crippen LogP contribution is -2.26. The Bertz CT molecular complexity index is 703. The number of furan rings is 2. The Morgan fingerprint density at radius 1 is 1.22 bits per heavy atom. The number of carbonyl (C=O) groups is 2. The van der Waals surface area contributed by atoms with E-state index < -0.39 is 5.97 Å². The smallest absolute Gasteiger partial charge is 0.303 e. The number of carboxylic acid groups (broad SMARTS) is 1. The molecule has 0 bridgehead atoms. The highest BCUT2D eigenvalue weighted by Crippen LogP contribution is 2.33. The third kappa shape index (κ3) is 3.33. The summed E-state index contributed by atoms with van der Waals surface area (Å²) in [4.78, 5) is 23.0. The highest BCUT2D eigenvalue weighted by Gasteiger charge is 2.35. The molecule has 1 amide bonds. The molecular weight excluding hydrogens is 300 g/mol. The Balaban J connectivity index is 1.77. The third-order valence-corrected chi connectivity index (χ3v) is 3.62. The van der Waals surface area contributed by atoms with Gasteiger partial charge in [0.15, 0.2) is 0 Å². The van der Waals surface area contributed by atoms with Crippen LogP contribution in [-0.2, 0) is 9.59 Å². The molecule has 7 heteroatoms. The summed E-state index contributed by atoms with van der Waals surface area (Å²) in [6.45, 7) is 0. The lowest BCUT2D eigenvalue weighted by Gasteiger charge is -2.19. The number of carbonyl (C=O) groups excluding carboxylic acids is 1. The average Bonchev–Trinajstić information content (AvgIpc) is 3.26. The maximum atomic E-state index is 12.4. The zero-order chi connectivity index (χ0) is 16.2. The zero-order valence-corrected chi connectivity index (χ0v) is 12.3. The van der Waals surface area contributed by atoms with Crippen LogP contribution in [0.3, 0.4) is 0 Å². The molecule has 3 rings (SSSR count). The number of carboxylic acids is 1. The van der Waals surface area contributed by atoms with E-state index in [1.165, 1.54) is 5.01 Å². The summed E-state index contributed by atoms with van der Waals surface area (Å²) in [7, 11) is 0. The fraction of sp³-hybridized carbons (Fsp3) is 0.312. The molecule has 0 saturated carbocycles. The van der Waals surface area contributed by atoms with Crippen molar-refractivity contribution >= 4 is 17.6 Å². The Morgan fingerprint density at radius 2 is 2.00 bits per heavy atom. The first-order chi connectivity index (χ1) is 11.1. The molecule has 1 N–H and O–H groups in total. The van der Waals surface area contributed by atoms with Crippen molar-refractivity contribution in [3.63, 3.8) is 0 Å². The predicted octanol–water partition coefficient (Wildman–Crippen LogP) is 2.81. The lowest BCUT2D eigenvalue weighted by molar-refractivity contribution is -0.137. The van der Waals surface area contributed by atoms with Crippen LogP contribution in [0.5, 0.6) is 0 Å². The molecule has 0 spiro atoms. The standard InChI is InChI=1S/C16H16N2O5/c19-15(6-1-7-16(20)21)18-12(14-5-3-9-23-14)10-11(17-18)13-4-2-8-22-13/h2-5,8-9,12H,1,6-7,10H2,(H,20,21)/t12-/m0/s1. The van der Waals surface area contributed by atoms with E-state index >= 15 is 0 Å². The number of amides is 1. The number of aliphatic carboxylic acids is 1. The van der Waals surface area contributed by atoms with Crippen LogP contribution >= 0.6 is 0 Å². The Labute approximate surface area is 132 Å². The summed E-state index contributed by atoms with van der Waals surface area (Å²) >= 11 is 0. The van der Waals surface area contributed by atoms with Gasteiger partial charge in [0.25, 0.3) is 0 Å². The minimum Gasteiger partial charge on any atom is -0.481 e. The van der Waals surface area contributed by atoms with E-state index in [1.54, 1.807) is 36.8 Å². The molecule has 0 aliphatic carbocycles. The summed E-state index contributed by atoms with van der Waals surface area (Å²) in [6.07, 6.45) is 3.95. The van der Waals surface area contributed by atoms with E-state index in [0.717, 1.165) is 0 Å². The second-order valence-electron chi connectivity index (χ2n) is 5.24. The van der Waals surface area contributed by atoms with Gasteiger partial charge >= 0.3 is 5.97 Å². The van der Waals surface area contributed by atoms with Crippen LogP contribution < -0.4 is 0 Å². The fourth-order valence-electron chi connectivity index (χ4n) is 2.54. The summed E-state index contributed by atoms with van der Waals surface area (Å²) in [5.74, 6) is 0.111. The van der Waals surface area contributed by atoms with Crippen molar-refractivity contribution < 1.29 is 23.5 Å². The Kier molecular flexibility index (Phi) is 4.27. The normalized spacial score (nSPS) is 17.3. The van der Waals surface area contributed by atoms with Crippen LogP contribution in [0.1, 0.15) is 43.2 Å². The van der Waals surface area contributed by atoms with Crippen LogP contribution in [0, 0.1) is 0 Å². The summed E-state index contributed by atoms with van der Waals surface area (Å²) in [6, 6.07) is 6.77. The predicted molar refractivity (Wildman–Crippen MR) is 79.6 cm³/mol. The Hall–Kier alpha value is -2.83. The van der Waals surface area contributed by atoms with Crippen molar-refractivity contribution in [3.8, 4) is 0 Å². The quantitative estimate of drug-likeness (QED) is 0.884. The highest BCUT2D eigenvalue weighted by atomic mass is 16.4. The zero-order valence-electron chi connectivity index (χ0n) is 12.3. The third-order valence-electron chi connectivity index (χ3n) is 3.62. The first-order valence-electron chi connectivity index (χ1n) is 7.34. The Morgan fingerprint density at radius 3 is 2.65 bits per heavy atom. The molecule has 0 aromatic carbocycles. The molecule has 1 atom stereocenters. The largest absolute Gasteiger partial charge is 0.481 e. The van der Waals surface area contributed by atoms with Gasteiger partial charge in [0.1, 0.15) is 23.3 Å². The van der Waals surface area contributed by atoms with Gasteiger partial charge in [-0.2, -0.15) is 5.10 Å². The van der Waals surface area contributed by atoms with Gasteiger partial charge in [0, 0.05) is 19.3 Å². The first-order valence-corrected chi connectivity index (χ1v) is 7.34. The molecule has 0 saturated heterocycles. The van der Waals surface area contributed by atoms with Crippen LogP contribution in [0.2, 0.25) is 0 Å². The van der Waals surface area contributed by atoms with Gasteiger partial charge < -0.3 is 13.9 Å². The molecule has 2 aromatic rings. The summed E-state index contributed by atoms with van der Waals surface area (Å²) in [5.41, 5.74) is 0.669. The molecule has 23 heavy (non-hydrogen) atoms. The van der Waals surface area contributed by atoms with Crippen LogP contribution in [0.4, 0.5) is 0 Å². The van der Waals surface area contributed by atoms with E-state index in [2.05, 4.69) is 5.10 Å². The SMILES string of the molecule is O=C(O)CCCC(=O)N1N=C(c2ccco2)C[C@H]1c1ccco1. The second-order valence-corrected chi connectivity index (χ2v) is 5.24. The van der Waals surface area contributed by atoms with Crippen LogP contribution in [-0.4, -0.2) is 27.7 Å². The van der Waals surface area contributed by atoms with Crippen molar-refractivity contribution in [1.29, 1.82) is 0 Å². The van der Waals surface area contributed by atoms with E-state index in [-0.39, 0.29) is 31.2 Å². The minimum absolute atomic E-state index is 0.0419. The molecule has 1 aliphatic rings. The molecule has 7 nitrogen and oxygen atoms in total. The first kappa shape index (κ1) is 15.1. The van der Waals surface area contributed by atoms with Crippen LogP contribution in [0.25, 0.3) is 0 Å². The van der Waals surface area contributed by atoms with E-state index in [0.29, 0.717) is 23.7 Å². The molecule has 3 heterocycles. The summed E-state index contributed by atoms with van der Waals surface area (Å²) < 4.78 is 10.8. The van der Waals surface area contributed by atoms with Crippen LogP contribution in [0.15, 0.2) is 50.7 Å². The van der Waals surface area contributed by atoms with E-state index in [4.69, 9.17) is 13.9 Å². The summed E-state index contributed by atoms with van der Waals surface area (Å²) in [5, 5.41) is 14.4. The number of hydrogen-bond acceptors (Lipinski definition) is 5. The molecular formula is C16H16N2O5. The number of hydrogen-bond donors (Lipinski definition) is 1. The van der Waals surface area contributed by atoms with Gasteiger partial charge in [0.05, 0.1) is 12.5 Å².